The summed E-state index contributed by atoms with van der Waals surface area (Å²) < 4.78 is 0. The molecule has 4 nitrogen and oxygen atoms in total. The highest BCUT2D eigenvalue weighted by Crippen LogP contribution is 2.28. The molecule has 90 valence electrons. The molecule has 1 fully saturated rings. The Balaban J connectivity index is 1.68. The molecule has 1 saturated carbocycles. The molecule has 1 aromatic heterocycles. The molecule has 0 unspecified atom stereocenters. The van der Waals surface area contributed by atoms with Gasteiger partial charge in [-0.15, -0.1) is 0 Å². The van der Waals surface area contributed by atoms with Crippen molar-refractivity contribution in [3.8, 4) is 6.07 Å². The minimum atomic E-state index is 0.415. The fourth-order valence-corrected chi connectivity index (χ4v) is 2.40. The first-order chi connectivity index (χ1) is 8.38. The Labute approximate surface area is 102 Å². The van der Waals surface area contributed by atoms with Crippen molar-refractivity contribution in [3.63, 3.8) is 0 Å². The van der Waals surface area contributed by atoms with Crippen LogP contribution < -0.4 is 5.32 Å². The van der Waals surface area contributed by atoms with Gasteiger partial charge in [0.2, 0.25) is 5.95 Å². The lowest BCUT2D eigenvalue weighted by atomic mass is 10.0. The summed E-state index contributed by atoms with van der Waals surface area (Å²) in [5, 5.41) is 11.9. The summed E-state index contributed by atoms with van der Waals surface area (Å²) in [5.41, 5.74) is 0.415. The standard InChI is InChI=1S/C13H18N4/c14-10-12-7-9-16-13(17-12)15-8-3-6-11-4-1-2-5-11/h7,9,11H,1-6,8H2,(H,15,16,17). The molecule has 1 aromatic rings. The second-order valence-electron chi connectivity index (χ2n) is 4.60. The Hall–Kier alpha value is -1.63. The molecule has 2 rings (SSSR count). The lowest BCUT2D eigenvalue weighted by Gasteiger charge is -2.08. The highest BCUT2D eigenvalue weighted by molar-refractivity contribution is 5.29. The maximum atomic E-state index is 8.71. The first-order valence-electron chi connectivity index (χ1n) is 6.35. The predicted octanol–water partition coefficient (Wildman–Crippen LogP) is 2.73. The zero-order valence-corrected chi connectivity index (χ0v) is 10.0. The summed E-state index contributed by atoms with van der Waals surface area (Å²) in [7, 11) is 0. The molecular weight excluding hydrogens is 212 g/mol. The number of nitrogens with one attached hydrogen (secondary N) is 1. The molecule has 0 bridgehead atoms. The van der Waals surface area contributed by atoms with E-state index < -0.39 is 0 Å². The van der Waals surface area contributed by atoms with Gasteiger partial charge in [0, 0.05) is 12.7 Å². The smallest absolute Gasteiger partial charge is 0.223 e. The van der Waals surface area contributed by atoms with E-state index in [0.717, 1.165) is 18.9 Å². The van der Waals surface area contributed by atoms with Gasteiger partial charge in [-0.25, -0.2) is 9.97 Å². The SMILES string of the molecule is N#Cc1ccnc(NCCCC2CCCC2)n1. The number of nitrogens with zero attached hydrogens (tertiary/aromatic N) is 3. The van der Waals surface area contributed by atoms with Crippen LogP contribution in [0.2, 0.25) is 0 Å². The minimum Gasteiger partial charge on any atom is -0.354 e. The van der Waals surface area contributed by atoms with Crippen LogP contribution in [0.1, 0.15) is 44.2 Å². The zero-order valence-electron chi connectivity index (χ0n) is 10.0. The van der Waals surface area contributed by atoms with Crippen LogP contribution in [0.15, 0.2) is 12.3 Å². The normalized spacial score (nSPS) is 15.7. The van der Waals surface area contributed by atoms with E-state index >= 15 is 0 Å². The lowest BCUT2D eigenvalue weighted by Crippen LogP contribution is -2.07. The minimum absolute atomic E-state index is 0.415. The van der Waals surface area contributed by atoms with E-state index in [4.69, 9.17) is 5.26 Å². The molecule has 17 heavy (non-hydrogen) atoms. The van der Waals surface area contributed by atoms with Crippen LogP contribution in [0, 0.1) is 17.2 Å². The van der Waals surface area contributed by atoms with Crippen LogP contribution in [0.4, 0.5) is 5.95 Å². The Kier molecular flexibility index (Phi) is 4.31. The summed E-state index contributed by atoms with van der Waals surface area (Å²) in [6, 6.07) is 3.63. The average molecular weight is 230 g/mol. The fraction of sp³-hybridized carbons (Fsp3) is 0.615. The zero-order chi connectivity index (χ0) is 11.9. The third kappa shape index (κ3) is 3.70. The fourth-order valence-electron chi connectivity index (χ4n) is 2.40. The summed E-state index contributed by atoms with van der Waals surface area (Å²) in [6.07, 6.45) is 9.69. The van der Waals surface area contributed by atoms with Gasteiger partial charge >= 0.3 is 0 Å². The van der Waals surface area contributed by atoms with Gasteiger partial charge in [-0.1, -0.05) is 25.7 Å². The number of anilines is 1. The van der Waals surface area contributed by atoms with Crippen molar-refractivity contribution in [1.82, 2.24) is 9.97 Å². The number of nitriles is 1. The molecule has 1 aliphatic rings. The summed E-state index contributed by atoms with van der Waals surface area (Å²) in [5.74, 6) is 1.50. The monoisotopic (exact) mass is 230 g/mol. The van der Waals surface area contributed by atoms with Crippen LogP contribution in [0.3, 0.4) is 0 Å². The molecule has 0 aromatic carbocycles. The van der Waals surface area contributed by atoms with Gasteiger partial charge in [0.25, 0.3) is 0 Å². The molecule has 1 heterocycles. The van der Waals surface area contributed by atoms with Crippen molar-refractivity contribution < 1.29 is 0 Å². The van der Waals surface area contributed by atoms with Gasteiger partial charge in [-0.2, -0.15) is 5.26 Å². The molecular formula is C13H18N4. The van der Waals surface area contributed by atoms with Crippen molar-refractivity contribution in [2.45, 2.75) is 38.5 Å². The third-order valence-electron chi connectivity index (χ3n) is 3.32. The van der Waals surface area contributed by atoms with Crippen molar-refractivity contribution >= 4 is 5.95 Å². The van der Waals surface area contributed by atoms with E-state index in [-0.39, 0.29) is 0 Å². The van der Waals surface area contributed by atoms with Crippen LogP contribution in [-0.2, 0) is 0 Å². The second-order valence-corrected chi connectivity index (χ2v) is 4.60. The van der Waals surface area contributed by atoms with Crippen LogP contribution in [-0.4, -0.2) is 16.5 Å². The molecule has 0 spiro atoms. The van der Waals surface area contributed by atoms with E-state index in [1.807, 2.05) is 6.07 Å². The van der Waals surface area contributed by atoms with Crippen LogP contribution in [0.25, 0.3) is 0 Å². The summed E-state index contributed by atoms with van der Waals surface area (Å²) in [6.45, 7) is 0.894. The van der Waals surface area contributed by atoms with E-state index in [9.17, 15) is 0 Å². The van der Waals surface area contributed by atoms with Crippen LogP contribution in [0.5, 0.6) is 0 Å². The van der Waals surface area contributed by atoms with Crippen molar-refractivity contribution in [3.05, 3.63) is 18.0 Å². The van der Waals surface area contributed by atoms with Crippen LogP contribution >= 0.6 is 0 Å². The van der Waals surface area contributed by atoms with E-state index in [2.05, 4.69) is 15.3 Å². The maximum absolute atomic E-state index is 8.71. The molecule has 1 N–H and O–H groups in total. The lowest BCUT2D eigenvalue weighted by molar-refractivity contribution is 0.491. The Morgan fingerprint density at radius 2 is 2.24 bits per heavy atom. The predicted molar refractivity (Wildman–Crippen MR) is 66.4 cm³/mol. The Bertz CT molecular complexity index is 391. The molecule has 4 heteroatoms. The Morgan fingerprint density at radius 1 is 1.41 bits per heavy atom. The van der Waals surface area contributed by atoms with Crippen molar-refractivity contribution in [2.75, 3.05) is 11.9 Å². The molecule has 1 aliphatic carbocycles. The number of hydrogen-bond donors (Lipinski definition) is 1. The number of rotatable bonds is 5. The average Bonchev–Trinajstić information content (AvgIpc) is 2.88. The second kappa shape index (κ2) is 6.19. The molecule has 0 radical (unpaired) electrons. The molecule has 0 atom stereocenters. The number of hydrogen-bond acceptors (Lipinski definition) is 4. The largest absolute Gasteiger partial charge is 0.354 e. The first kappa shape index (κ1) is 11.8. The highest BCUT2D eigenvalue weighted by atomic mass is 15.1. The summed E-state index contributed by atoms with van der Waals surface area (Å²) >= 11 is 0. The third-order valence-corrected chi connectivity index (χ3v) is 3.32. The quantitative estimate of drug-likeness (QED) is 0.790. The van der Waals surface area contributed by atoms with Gasteiger partial charge < -0.3 is 5.32 Å². The number of aromatic nitrogens is 2. The van der Waals surface area contributed by atoms with Gasteiger partial charge in [-0.05, 0) is 24.8 Å². The van der Waals surface area contributed by atoms with Gasteiger partial charge in [-0.3, -0.25) is 0 Å². The maximum Gasteiger partial charge on any atom is 0.223 e. The highest BCUT2D eigenvalue weighted by Gasteiger charge is 2.13. The van der Waals surface area contributed by atoms with Crippen molar-refractivity contribution in [1.29, 1.82) is 5.26 Å². The first-order valence-corrected chi connectivity index (χ1v) is 6.35. The van der Waals surface area contributed by atoms with Gasteiger partial charge in [0.15, 0.2) is 0 Å². The van der Waals surface area contributed by atoms with E-state index in [1.54, 1.807) is 12.3 Å². The Morgan fingerprint density at radius 3 is 3.00 bits per heavy atom. The molecule has 0 saturated heterocycles. The van der Waals surface area contributed by atoms with Crippen molar-refractivity contribution in [2.24, 2.45) is 5.92 Å². The van der Waals surface area contributed by atoms with Gasteiger partial charge in [0.1, 0.15) is 11.8 Å². The van der Waals surface area contributed by atoms with E-state index in [0.29, 0.717) is 11.6 Å². The molecule has 0 amide bonds. The summed E-state index contributed by atoms with van der Waals surface area (Å²) in [4.78, 5) is 8.16. The topological polar surface area (TPSA) is 61.6 Å². The molecule has 0 aliphatic heterocycles. The van der Waals surface area contributed by atoms with Gasteiger partial charge in [0.05, 0.1) is 0 Å². The van der Waals surface area contributed by atoms with E-state index in [1.165, 1.54) is 32.1 Å².